The third-order valence-electron chi connectivity index (χ3n) is 7.16. The molecular weight excluding hydrogens is 464 g/mol. The van der Waals surface area contributed by atoms with Gasteiger partial charge in [-0.1, -0.05) is 32.0 Å². The summed E-state index contributed by atoms with van der Waals surface area (Å²) in [5.41, 5.74) is 3.96. The Kier molecular flexibility index (Phi) is 7.15. The monoisotopic (exact) mass is 504 g/mol. The minimum Gasteiger partial charge on any atom is -0.456 e. The lowest BCUT2D eigenvalue weighted by atomic mass is 9.82. The van der Waals surface area contributed by atoms with Crippen molar-refractivity contribution in [3.8, 4) is 0 Å². The van der Waals surface area contributed by atoms with Crippen LogP contribution in [0.1, 0.15) is 87.5 Å². The van der Waals surface area contributed by atoms with Gasteiger partial charge >= 0.3 is 5.97 Å². The predicted molar refractivity (Wildman–Crippen MR) is 151 cm³/mol. The van der Waals surface area contributed by atoms with Crippen LogP contribution in [-0.2, 0) is 4.74 Å². The minimum atomic E-state index is -0.593. The summed E-state index contributed by atoms with van der Waals surface area (Å²) < 4.78 is 12.2. The highest BCUT2D eigenvalue weighted by Gasteiger charge is 2.29. The molecule has 1 unspecified atom stereocenters. The van der Waals surface area contributed by atoms with E-state index in [1.807, 2.05) is 65.8 Å². The van der Waals surface area contributed by atoms with Crippen molar-refractivity contribution >= 4 is 28.5 Å². The number of aryl methyl sites for hydroxylation is 1. The third-order valence-corrected chi connectivity index (χ3v) is 7.16. The fourth-order valence-electron chi connectivity index (χ4n) is 4.93. The van der Waals surface area contributed by atoms with Gasteiger partial charge in [0.05, 0.1) is 22.6 Å². The lowest BCUT2D eigenvalue weighted by Gasteiger charge is -2.37. The van der Waals surface area contributed by atoms with Gasteiger partial charge < -0.3 is 19.4 Å². The molecule has 0 bridgehead atoms. The largest absolute Gasteiger partial charge is 0.456 e. The molecule has 2 heterocycles. The molecule has 0 saturated carbocycles. The molecule has 4 rings (SSSR count). The molecule has 1 atom stereocenters. The minimum absolute atomic E-state index is 0.00684. The summed E-state index contributed by atoms with van der Waals surface area (Å²) in [4.78, 5) is 28.6. The molecule has 2 aromatic carbocycles. The number of fused-ring (bicyclic) bond motifs is 1. The number of hydrogen-bond acceptors (Lipinski definition) is 6. The molecule has 37 heavy (non-hydrogen) atoms. The zero-order chi connectivity index (χ0) is 27.1. The van der Waals surface area contributed by atoms with Crippen molar-refractivity contribution in [1.82, 2.24) is 0 Å². The Morgan fingerprint density at radius 1 is 1.11 bits per heavy atom. The quantitative estimate of drug-likeness (QED) is 0.372. The van der Waals surface area contributed by atoms with Crippen molar-refractivity contribution in [3.63, 3.8) is 0 Å². The maximum Gasteiger partial charge on any atom is 0.340 e. The van der Waals surface area contributed by atoms with Gasteiger partial charge in [0.15, 0.2) is 5.43 Å². The van der Waals surface area contributed by atoms with Gasteiger partial charge in [-0.3, -0.25) is 4.79 Å². The van der Waals surface area contributed by atoms with E-state index in [0.717, 1.165) is 37.1 Å². The number of rotatable bonds is 5. The molecule has 6 nitrogen and oxygen atoms in total. The maximum atomic E-state index is 13.5. The van der Waals surface area contributed by atoms with E-state index in [-0.39, 0.29) is 17.4 Å². The van der Waals surface area contributed by atoms with Gasteiger partial charge in [0, 0.05) is 24.3 Å². The molecule has 1 aromatic heterocycles. The number of hydrogen-bond donors (Lipinski definition) is 1. The summed E-state index contributed by atoms with van der Waals surface area (Å²) in [5.74, 6) is 0.286. The summed E-state index contributed by atoms with van der Waals surface area (Å²) >= 11 is 0. The first-order valence-electron chi connectivity index (χ1n) is 13.2. The van der Waals surface area contributed by atoms with Gasteiger partial charge in [-0.2, -0.15) is 0 Å². The van der Waals surface area contributed by atoms with Gasteiger partial charge in [-0.15, -0.1) is 0 Å². The fourth-order valence-corrected chi connectivity index (χ4v) is 4.93. The van der Waals surface area contributed by atoms with Crippen LogP contribution in [-0.4, -0.2) is 24.7 Å². The first-order valence-corrected chi connectivity index (χ1v) is 13.2. The highest BCUT2D eigenvalue weighted by atomic mass is 16.6. The van der Waals surface area contributed by atoms with E-state index >= 15 is 0 Å². The third kappa shape index (κ3) is 5.84. The molecular formula is C31H40N2O4. The first kappa shape index (κ1) is 26.8. The number of carbonyl (C=O) groups excluding carboxylic acids is 1. The van der Waals surface area contributed by atoms with Crippen molar-refractivity contribution in [2.24, 2.45) is 5.41 Å². The van der Waals surface area contributed by atoms with Crippen LogP contribution < -0.4 is 15.6 Å². The Balaban J connectivity index is 1.74. The molecule has 0 aliphatic carbocycles. The topological polar surface area (TPSA) is 71.8 Å². The van der Waals surface area contributed by atoms with Crippen LogP contribution in [0.3, 0.4) is 0 Å². The van der Waals surface area contributed by atoms with Crippen LogP contribution in [0.4, 0.5) is 11.6 Å². The highest BCUT2D eigenvalue weighted by molar-refractivity contribution is 5.96. The number of benzene rings is 2. The van der Waals surface area contributed by atoms with Crippen LogP contribution in [0.2, 0.25) is 0 Å². The van der Waals surface area contributed by atoms with E-state index in [2.05, 4.69) is 30.1 Å². The van der Waals surface area contributed by atoms with Crippen LogP contribution in [0.15, 0.2) is 45.6 Å². The van der Waals surface area contributed by atoms with Crippen LogP contribution in [0.5, 0.6) is 0 Å². The molecule has 198 valence electrons. The average Bonchev–Trinajstić information content (AvgIpc) is 2.80. The molecule has 0 amide bonds. The van der Waals surface area contributed by atoms with Gasteiger partial charge in [0.1, 0.15) is 11.2 Å². The summed E-state index contributed by atoms with van der Waals surface area (Å²) in [7, 11) is 0. The normalized spacial score (nSPS) is 16.5. The van der Waals surface area contributed by atoms with Gasteiger partial charge in [-0.25, -0.2) is 4.79 Å². The molecule has 3 aromatic rings. The van der Waals surface area contributed by atoms with Crippen LogP contribution in [0, 0.1) is 19.3 Å². The predicted octanol–water partition coefficient (Wildman–Crippen LogP) is 7.16. The molecule has 1 fully saturated rings. The fraction of sp³-hybridized carbons (Fsp3) is 0.484. The molecule has 0 radical (unpaired) electrons. The van der Waals surface area contributed by atoms with Crippen molar-refractivity contribution in [2.75, 3.05) is 23.3 Å². The Morgan fingerprint density at radius 3 is 2.41 bits per heavy atom. The number of ether oxygens (including phenoxy) is 1. The van der Waals surface area contributed by atoms with Crippen molar-refractivity contribution in [3.05, 3.63) is 68.9 Å². The molecule has 0 spiro atoms. The van der Waals surface area contributed by atoms with E-state index in [1.54, 1.807) is 6.07 Å². The smallest absolute Gasteiger partial charge is 0.340 e. The first-order chi connectivity index (χ1) is 17.3. The summed E-state index contributed by atoms with van der Waals surface area (Å²) in [6.45, 7) is 17.7. The van der Waals surface area contributed by atoms with Gasteiger partial charge in [0.2, 0.25) is 5.88 Å². The van der Waals surface area contributed by atoms with Gasteiger partial charge in [0.25, 0.3) is 0 Å². The second-order valence-corrected chi connectivity index (χ2v) is 12.2. The molecule has 1 aliphatic heterocycles. The average molecular weight is 505 g/mol. The number of nitrogens with zero attached hydrogens (tertiary/aromatic N) is 1. The Bertz CT molecular complexity index is 1370. The molecule has 1 saturated heterocycles. The number of esters is 1. The Hall–Kier alpha value is -3.28. The molecule has 6 heteroatoms. The van der Waals surface area contributed by atoms with Crippen molar-refractivity contribution < 1.29 is 13.9 Å². The second kappa shape index (κ2) is 9.88. The van der Waals surface area contributed by atoms with E-state index in [9.17, 15) is 9.59 Å². The van der Waals surface area contributed by atoms with Crippen molar-refractivity contribution in [2.45, 2.75) is 79.9 Å². The van der Waals surface area contributed by atoms with E-state index in [0.29, 0.717) is 39.1 Å². The summed E-state index contributed by atoms with van der Waals surface area (Å²) in [6, 6.07) is 11.1. The van der Waals surface area contributed by atoms with Crippen molar-refractivity contribution in [1.29, 1.82) is 0 Å². The number of piperidine rings is 1. The number of anilines is 2. The zero-order valence-corrected chi connectivity index (χ0v) is 23.5. The standard InChI is InChI=1S/C31H40N2O4/c1-19-17-23(21(3)32-25-12-10-9-11-22(25)29(35)37-30(4,5)6)27-24(18-19)26(34)20(2)28(36-27)33-15-13-31(7,8)14-16-33/h9-12,17-18,21,32H,13-16H2,1-8H3. The van der Waals surface area contributed by atoms with E-state index in [1.165, 1.54) is 0 Å². The summed E-state index contributed by atoms with van der Waals surface area (Å²) in [6.07, 6.45) is 2.10. The maximum absolute atomic E-state index is 13.5. The molecule has 1 N–H and O–H groups in total. The number of carbonyl (C=O) groups is 1. The zero-order valence-electron chi connectivity index (χ0n) is 23.5. The number of nitrogens with one attached hydrogen (secondary N) is 1. The van der Waals surface area contributed by atoms with E-state index in [4.69, 9.17) is 9.15 Å². The Morgan fingerprint density at radius 2 is 1.76 bits per heavy atom. The van der Waals surface area contributed by atoms with Gasteiger partial charge in [-0.05, 0) is 83.6 Å². The van der Waals surface area contributed by atoms with Crippen LogP contribution >= 0.6 is 0 Å². The Labute approximate surface area is 220 Å². The number of para-hydroxylation sites is 1. The lowest BCUT2D eigenvalue weighted by molar-refractivity contribution is 0.00706. The van der Waals surface area contributed by atoms with Crippen LogP contribution in [0.25, 0.3) is 11.0 Å². The second-order valence-electron chi connectivity index (χ2n) is 12.2. The highest BCUT2D eigenvalue weighted by Crippen LogP contribution is 2.36. The molecule has 1 aliphatic rings. The lowest BCUT2D eigenvalue weighted by Crippen LogP contribution is -2.38. The SMILES string of the molecule is Cc1cc(C(C)Nc2ccccc2C(=O)OC(C)(C)C)c2oc(N3CCC(C)(C)CC3)c(C)c(=O)c2c1. The van der Waals surface area contributed by atoms with E-state index < -0.39 is 5.60 Å². The summed E-state index contributed by atoms with van der Waals surface area (Å²) in [5, 5.41) is 4.07.